The maximum atomic E-state index is 13.5. The highest BCUT2D eigenvalue weighted by molar-refractivity contribution is 7.89. The Morgan fingerprint density at radius 3 is 2.23 bits per heavy atom. The van der Waals surface area contributed by atoms with Crippen LogP contribution in [0.15, 0.2) is 77.7 Å². The van der Waals surface area contributed by atoms with E-state index >= 15 is 0 Å². The van der Waals surface area contributed by atoms with Crippen molar-refractivity contribution in [1.29, 1.82) is 0 Å². The molecule has 0 unspecified atom stereocenters. The lowest BCUT2D eigenvalue weighted by Gasteiger charge is -2.20. The molecule has 3 aromatic carbocycles. The van der Waals surface area contributed by atoms with Gasteiger partial charge in [-0.15, -0.1) is 0 Å². The first kappa shape index (κ1) is 26.5. The fraction of sp³-hybridized carbons (Fsp3) is 0.333. The van der Waals surface area contributed by atoms with E-state index < -0.39 is 10.0 Å². The van der Waals surface area contributed by atoms with Crippen LogP contribution in [-0.4, -0.2) is 47.0 Å². The second-order valence-corrected chi connectivity index (χ2v) is 10.3. The van der Waals surface area contributed by atoms with Crippen molar-refractivity contribution < 1.29 is 13.2 Å². The Hall–Kier alpha value is -3.07. The molecular formula is C27H36N4O3S. The number of para-hydroxylation sites is 2. The van der Waals surface area contributed by atoms with Crippen LogP contribution in [0.25, 0.3) is 0 Å². The molecule has 0 aliphatic heterocycles. The number of hydrogen-bond donors (Lipinski definition) is 3. The second-order valence-electron chi connectivity index (χ2n) is 8.59. The van der Waals surface area contributed by atoms with Gasteiger partial charge in [0, 0.05) is 31.9 Å². The SMILES string of the molecule is CCCCNc1cc(CNc2ccccc2)cc(S(=O)(=O)NCCN(C)C)c1Oc1ccccc1. The maximum Gasteiger partial charge on any atom is 0.244 e. The summed E-state index contributed by atoms with van der Waals surface area (Å²) in [6.07, 6.45) is 1.98. The standard InChI is InChI=1S/C27H36N4O3S/c1-4-5-16-28-25-19-22(21-29-23-12-8-6-9-13-23)20-26(35(32,33)30-17-18-31(2)3)27(25)34-24-14-10-7-11-15-24/h6-15,19-20,28-30H,4-5,16-18,21H2,1-3H3. The zero-order valence-electron chi connectivity index (χ0n) is 20.8. The molecule has 0 aromatic heterocycles. The van der Waals surface area contributed by atoms with Crippen LogP contribution in [0.4, 0.5) is 11.4 Å². The van der Waals surface area contributed by atoms with E-state index in [0.29, 0.717) is 43.4 Å². The van der Waals surface area contributed by atoms with Crippen LogP contribution < -0.4 is 20.1 Å². The van der Waals surface area contributed by atoms with Gasteiger partial charge in [0.25, 0.3) is 0 Å². The molecule has 3 rings (SSSR count). The Labute approximate surface area is 209 Å². The smallest absolute Gasteiger partial charge is 0.244 e. The number of ether oxygens (including phenoxy) is 1. The summed E-state index contributed by atoms with van der Waals surface area (Å²) < 4.78 is 35.9. The fourth-order valence-corrected chi connectivity index (χ4v) is 4.66. The van der Waals surface area contributed by atoms with Crippen molar-refractivity contribution in [2.24, 2.45) is 0 Å². The number of rotatable bonds is 14. The van der Waals surface area contributed by atoms with E-state index in [0.717, 1.165) is 24.1 Å². The van der Waals surface area contributed by atoms with E-state index in [4.69, 9.17) is 4.74 Å². The molecule has 3 N–H and O–H groups in total. The topological polar surface area (TPSA) is 82.7 Å². The predicted molar refractivity (Wildman–Crippen MR) is 144 cm³/mol. The lowest BCUT2D eigenvalue weighted by molar-refractivity contribution is 0.412. The Morgan fingerprint density at radius 1 is 0.886 bits per heavy atom. The van der Waals surface area contributed by atoms with E-state index in [-0.39, 0.29) is 4.90 Å². The quantitative estimate of drug-likeness (QED) is 0.268. The molecular weight excluding hydrogens is 460 g/mol. The lowest BCUT2D eigenvalue weighted by Crippen LogP contribution is -2.31. The van der Waals surface area contributed by atoms with Gasteiger partial charge in [-0.2, -0.15) is 0 Å². The molecule has 188 valence electrons. The minimum absolute atomic E-state index is 0.117. The Balaban J connectivity index is 2.02. The summed E-state index contributed by atoms with van der Waals surface area (Å²) in [5.74, 6) is 0.874. The molecule has 7 nitrogen and oxygen atoms in total. The van der Waals surface area contributed by atoms with Gasteiger partial charge in [-0.25, -0.2) is 13.1 Å². The molecule has 0 spiro atoms. The van der Waals surface area contributed by atoms with Crippen LogP contribution in [0.5, 0.6) is 11.5 Å². The first-order chi connectivity index (χ1) is 16.9. The number of anilines is 2. The van der Waals surface area contributed by atoms with E-state index in [2.05, 4.69) is 22.3 Å². The molecule has 0 atom stereocenters. The molecule has 0 fully saturated rings. The molecule has 0 amide bonds. The van der Waals surface area contributed by atoms with Crippen molar-refractivity contribution in [3.8, 4) is 11.5 Å². The van der Waals surface area contributed by atoms with Crippen LogP contribution in [-0.2, 0) is 16.6 Å². The molecule has 0 aliphatic carbocycles. The highest BCUT2D eigenvalue weighted by Crippen LogP contribution is 2.38. The van der Waals surface area contributed by atoms with Crippen molar-refractivity contribution >= 4 is 21.4 Å². The number of nitrogens with zero attached hydrogens (tertiary/aromatic N) is 1. The van der Waals surface area contributed by atoms with Gasteiger partial charge in [-0.3, -0.25) is 0 Å². The highest BCUT2D eigenvalue weighted by atomic mass is 32.2. The number of benzene rings is 3. The molecule has 0 heterocycles. The Morgan fingerprint density at radius 2 is 1.57 bits per heavy atom. The lowest BCUT2D eigenvalue weighted by atomic mass is 10.1. The third-order valence-electron chi connectivity index (χ3n) is 5.33. The van der Waals surface area contributed by atoms with Gasteiger partial charge < -0.3 is 20.3 Å². The summed E-state index contributed by atoms with van der Waals surface area (Å²) in [5, 5.41) is 6.78. The molecule has 0 radical (unpaired) electrons. The average molecular weight is 497 g/mol. The molecule has 0 bridgehead atoms. The maximum absolute atomic E-state index is 13.5. The van der Waals surface area contributed by atoms with Gasteiger partial charge in [0.2, 0.25) is 10.0 Å². The van der Waals surface area contributed by atoms with Crippen molar-refractivity contribution in [2.75, 3.05) is 44.4 Å². The van der Waals surface area contributed by atoms with Crippen molar-refractivity contribution in [3.63, 3.8) is 0 Å². The normalized spacial score (nSPS) is 11.4. The van der Waals surface area contributed by atoms with Crippen LogP contribution >= 0.6 is 0 Å². The molecule has 0 saturated heterocycles. The Bertz CT molecular complexity index is 1150. The first-order valence-corrected chi connectivity index (χ1v) is 13.4. The predicted octanol–water partition coefficient (Wildman–Crippen LogP) is 5.14. The molecule has 3 aromatic rings. The molecule has 8 heteroatoms. The van der Waals surface area contributed by atoms with Crippen LogP contribution in [0.1, 0.15) is 25.3 Å². The summed E-state index contributed by atoms with van der Waals surface area (Å²) in [6, 6.07) is 22.7. The molecule has 35 heavy (non-hydrogen) atoms. The van der Waals surface area contributed by atoms with E-state index in [1.807, 2.05) is 85.7 Å². The summed E-state index contributed by atoms with van der Waals surface area (Å²) in [4.78, 5) is 2.05. The first-order valence-electron chi connectivity index (χ1n) is 12.0. The number of unbranched alkanes of at least 4 members (excludes halogenated alkanes) is 1. The van der Waals surface area contributed by atoms with Gasteiger partial charge in [0.15, 0.2) is 5.75 Å². The van der Waals surface area contributed by atoms with Gasteiger partial charge in [-0.1, -0.05) is 49.7 Å². The number of sulfonamides is 1. The van der Waals surface area contributed by atoms with E-state index in [1.54, 1.807) is 6.07 Å². The number of nitrogens with one attached hydrogen (secondary N) is 3. The summed E-state index contributed by atoms with van der Waals surface area (Å²) >= 11 is 0. The minimum Gasteiger partial charge on any atom is -0.454 e. The average Bonchev–Trinajstić information content (AvgIpc) is 2.85. The van der Waals surface area contributed by atoms with Crippen LogP contribution in [0, 0.1) is 0 Å². The number of likely N-dealkylation sites (N-methyl/N-ethyl adjacent to an activating group) is 1. The van der Waals surface area contributed by atoms with Crippen molar-refractivity contribution in [1.82, 2.24) is 9.62 Å². The largest absolute Gasteiger partial charge is 0.454 e. The van der Waals surface area contributed by atoms with E-state index in [1.165, 1.54) is 0 Å². The van der Waals surface area contributed by atoms with Crippen LogP contribution in [0.3, 0.4) is 0 Å². The third kappa shape index (κ3) is 8.28. The summed E-state index contributed by atoms with van der Waals surface area (Å²) in [5.41, 5.74) is 2.45. The van der Waals surface area contributed by atoms with Gasteiger partial charge in [0.05, 0.1) is 5.69 Å². The molecule has 0 aliphatic rings. The summed E-state index contributed by atoms with van der Waals surface area (Å²) in [7, 11) is -0.0215. The van der Waals surface area contributed by atoms with Gasteiger partial charge in [0.1, 0.15) is 10.6 Å². The summed E-state index contributed by atoms with van der Waals surface area (Å²) in [6.45, 7) is 4.19. The Kier molecular flexibility index (Phi) is 9.96. The second kappa shape index (κ2) is 13.1. The molecule has 0 saturated carbocycles. The highest BCUT2D eigenvalue weighted by Gasteiger charge is 2.24. The fourth-order valence-electron chi connectivity index (χ4n) is 3.45. The van der Waals surface area contributed by atoms with Gasteiger partial charge in [-0.05, 0) is 62.5 Å². The van der Waals surface area contributed by atoms with Crippen molar-refractivity contribution in [3.05, 3.63) is 78.4 Å². The zero-order chi connectivity index (χ0) is 25.1. The van der Waals surface area contributed by atoms with Crippen molar-refractivity contribution in [2.45, 2.75) is 31.2 Å². The monoisotopic (exact) mass is 496 g/mol. The van der Waals surface area contributed by atoms with E-state index in [9.17, 15) is 8.42 Å². The zero-order valence-corrected chi connectivity index (χ0v) is 21.6. The third-order valence-corrected chi connectivity index (χ3v) is 6.80. The van der Waals surface area contributed by atoms with Crippen LogP contribution in [0.2, 0.25) is 0 Å². The minimum atomic E-state index is -3.83. The number of hydrogen-bond acceptors (Lipinski definition) is 6. The van der Waals surface area contributed by atoms with Gasteiger partial charge >= 0.3 is 0 Å².